The van der Waals surface area contributed by atoms with Crippen LogP contribution < -0.4 is 5.32 Å². The number of piperidine rings is 1. The standard InChI is InChI=1S/C16H32N4O2.HI/c1-3-17-16(20-6-4-15(21)5-7-20)18-12-14(2)13-19-8-10-22-11-9-19;/h14-15,21H,3-13H2,1-2H3,(H,17,18);1H. The first-order valence-corrected chi connectivity index (χ1v) is 8.70. The van der Waals surface area contributed by atoms with Gasteiger partial charge in [-0.2, -0.15) is 0 Å². The lowest BCUT2D eigenvalue weighted by atomic mass is 10.1. The van der Waals surface area contributed by atoms with Crippen molar-refractivity contribution in [3.8, 4) is 0 Å². The third-order valence-electron chi connectivity index (χ3n) is 4.33. The van der Waals surface area contributed by atoms with Gasteiger partial charge in [0.1, 0.15) is 0 Å². The first kappa shape index (κ1) is 20.9. The molecule has 0 aliphatic carbocycles. The number of aliphatic hydroxyl groups excluding tert-OH is 1. The van der Waals surface area contributed by atoms with Crippen LogP contribution in [0.4, 0.5) is 0 Å². The van der Waals surface area contributed by atoms with Crippen LogP contribution in [0.5, 0.6) is 0 Å². The summed E-state index contributed by atoms with van der Waals surface area (Å²) < 4.78 is 5.39. The summed E-state index contributed by atoms with van der Waals surface area (Å²) >= 11 is 0. The number of hydrogen-bond acceptors (Lipinski definition) is 4. The average molecular weight is 440 g/mol. The van der Waals surface area contributed by atoms with Crippen LogP contribution in [-0.2, 0) is 4.74 Å². The molecule has 0 aromatic carbocycles. The summed E-state index contributed by atoms with van der Waals surface area (Å²) in [7, 11) is 0. The van der Waals surface area contributed by atoms with Crippen molar-refractivity contribution < 1.29 is 9.84 Å². The largest absolute Gasteiger partial charge is 0.393 e. The van der Waals surface area contributed by atoms with Crippen molar-refractivity contribution in [2.75, 3.05) is 59.0 Å². The molecular formula is C16H33IN4O2. The minimum Gasteiger partial charge on any atom is -0.393 e. The maximum atomic E-state index is 9.64. The van der Waals surface area contributed by atoms with Crippen molar-refractivity contribution in [3.05, 3.63) is 0 Å². The van der Waals surface area contributed by atoms with E-state index in [0.29, 0.717) is 5.92 Å². The quantitative estimate of drug-likeness (QED) is 0.380. The number of rotatable bonds is 5. The van der Waals surface area contributed by atoms with E-state index >= 15 is 0 Å². The lowest BCUT2D eigenvalue weighted by molar-refractivity contribution is 0.0323. The summed E-state index contributed by atoms with van der Waals surface area (Å²) in [5.41, 5.74) is 0. The SMILES string of the molecule is CCNC(=NCC(C)CN1CCOCC1)N1CCC(O)CC1.I. The van der Waals surface area contributed by atoms with E-state index < -0.39 is 0 Å². The number of guanidine groups is 1. The summed E-state index contributed by atoms with van der Waals surface area (Å²) in [6.07, 6.45) is 1.54. The van der Waals surface area contributed by atoms with Crippen molar-refractivity contribution in [2.45, 2.75) is 32.8 Å². The molecule has 0 saturated carbocycles. The number of ether oxygens (including phenoxy) is 1. The molecule has 2 aliphatic heterocycles. The van der Waals surface area contributed by atoms with Crippen LogP contribution in [0.3, 0.4) is 0 Å². The van der Waals surface area contributed by atoms with Crippen LogP contribution in [0.25, 0.3) is 0 Å². The Morgan fingerprint density at radius 2 is 1.91 bits per heavy atom. The number of morpholine rings is 1. The molecule has 0 radical (unpaired) electrons. The van der Waals surface area contributed by atoms with Crippen LogP contribution in [0, 0.1) is 5.92 Å². The molecule has 7 heteroatoms. The maximum absolute atomic E-state index is 9.64. The third-order valence-corrected chi connectivity index (χ3v) is 4.33. The predicted molar refractivity (Wildman–Crippen MR) is 105 cm³/mol. The highest BCUT2D eigenvalue weighted by atomic mass is 127. The van der Waals surface area contributed by atoms with Crippen LogP contribution >= 0.6 is 24.0 Å². The number of halogens is 1. The molecule has 2 fully saturated rings. The van der Waals surface area contributed by atoms with Gasteiger partial charge in [0.25, 0.3) is 0 Å². The van der Waals surface area contributed by atoms with E-state index in [0.717, 1.165) is 77.8 Å². The van der Waals surface area contributed by atoms with E-state index in [1.807, 2.05) is 0 Å². The zero-order chi connectivity index (χ0) is 15.8. The highest BCUT2D eigenvalue weighted by Gasteiger charge is 2.20. The fraction of sp³-hybridized carbons (Fsp3) is 0.938. The molecule has 2 rings (SSSR count). The smallest absolute Gasteiger partial charge is 0.193 e. The van der Waals surface area contributed by atoms with Crippen molar-refractivity contribution in [1.29, 1.82) is 0 Å². The number of nitrogens with zero attached hydrogens (tertiary/aromatic N) is 3. The monoisotopic (exact) mass is 440 g/mol. The number of aliphatic imine (C=N–C) groups is 1. The second-order valence-corrected chi connectivity index (χ2v) is 6.43. The lowest BCUT2D eigenvalue weighted by Crippen LogP contribution is -2.47. The molecule has 0 amide bonds. The minimum absolute atomic E-state index is 0. The molecule has 2 heterocycles. The van der Waals surface area contributed by atoms with Crippen molar-refractivity contribution in [3.63, 3.8) is 0 Å². The number of likely N-dealkylation sites (tertiary alicyclic amines) is 1. The van der Waals surface area contributed by atoms with Gasteiger partial charge in [-0.05, 0) is 25.7 Å². The predicted octanol–water partition coefficient (Wildman–Crippen LogP) is 0.995. The van der Waals surface area contributed by atoms with Crippen molar-refractivity contribution in [1.82, 2.24) is 15.1 Å². The normalized spacial score (nSPS) is 22.6. The molecule has 2 N–H and O–H groups in total. The number of aliphatic hydroxyl groups is 1. The zero-order valence-electron chi connectivity index (χ0n) is 14.5. The second-order valence-electron chi connectivity index (χ2n) is 6.43. The Hall–Kier alpha value is -0.120. The van der Waals surface area contributed by atoms with Gasteiger partial charge in [0.2, 0.25) is 0 Å². The van der Waals surface area contributed by atoms with Gasteiger partial charge in [-0.15, -0.1) is 24.0 Å². The van der Waals surface area contributed by atoms with E-state index in [4.69, 9.17) is 9.73 Å². The van der Waals surface area contributed by atoms with E-state index in [2.05, 4.69) is 29.0 Å². The van der Waals surface area contributed by atoms with Crippen LogP contribution in [0.15, 0.2) is 4.99 Å². The topological polar surface area (TPSA) is 60.3 Å². The molecule has 2 saturated heterocycles. The molecular weight excluding hydrogens is 407 g/mol. The van der Waals surface area contributed by atoms with Gasteiger partial charge >= 0.3 is 0 Å². The number of hydrogen-bond donors (Lipinski definition) is 2. The van der Waals surface area contributed by atoms with Gasteiger partial charge in [-0.3, -0.25) is 9.89 Å². The molecule has 0 aromatic heterocycles. The molecule has 0 bridgehead atoms. The van der Waals surface area contributed by atoms with Gasteiger partial charge < -0.3 is 20.1 Å². The van der Waals surface area contributed by atoms with Crippen molar-refractivity contribution >= 4 is 29.9 Å². The molecule has 1 unspecified atom stereocenters. The average Bonchev–Trinajstić information content (AvgIpc) is 2.53. The molecule has 0 spiro atoms. The summed E-state index contributed by atoms with van der Waals surface area (Å²) in [6.45, 7) is 12.8. The van der Waals surface area contributed by atoms with Crippen LogP contribution in [-0.4, -0.2) is 86.0 Å². The fourth-order valence-electron chi connectivity index (χ4n) is 3.03. The highest BCUT2D eigenvalue weighted by molar-refractivity contribution is 14.0. The third kappa shape index (κ3) is 7.53. The van der Waals surface area contributed by atoms with E-state index in [-0.39, 0.29) is 30.1 Å². The second kappa shape index (κ2) is 11.4. The van der Waals surface area contributed by atoms with E-state index in [9.17, 15) is 5.11 Å². The Balaban J connectivity index is 0.00000264. The van der Waals surface area contributed by atoms with Crippen LogP contribution in [0.2, 0.25) is 0 Å². The molecule has 23 heavy (non-hydrogen) atoms. The summed E-state index contributed by atoms with van der Waals surface area (Å²) in [6, 6.07) is 0. The zero-order valence-corrected chi connectivity index (χ0v) is 16.9. The molecule has 1 atom stereocenters. The number of nitrogens with one attached hydrogen (secondary N) is 1. The minimum atomic E-state index is -0.139. The molecule has 6 nitrogen and oxygen atoms in total. The summed E-state index contributed by atoms with van der Waals surface area (Å²) in [4.78, 5) is 9.56. The summed E-state index contributed by atoms with van der Waals surface area (Å²) in [5.74, 6) is 1.55. The first-order chi connectivity index (χ1) is 10.7. The summed E-state index contributed by atoms with van der Waals surface area (Å²) in [5, 5.41) is 13.0. The Morgan fingerprint density at radius 3 is 2.52 bits per heavy atom. The maximum Gasteiger partial charge on any atom is 0.193 e. The lowest BCUT2D eigenvalue weighted by Gasteiger charge is -2.33. The fourth-order valence-corrected chi connectivity index (χ4v) is 3.03. The van der Waals surface area contributed by atoms with E-state index in [1.165, 1.54) is 0 Å². The highest BCUT2D eigenvalue weighted by Crippen LogP contribution is 2.10. The van der Waals surface area contributed by atoms with Gasteiger partial charge in [0.15, 0.2) is 5.96 Å². The Bertz CT molecular complexity index is 343. The Kier molecular flexibility index (Phi) is 10.4. The van der Waals surface area contributed by atoms with Crippen molar-refractivity contribution in [2.24, 2.45) is 10.9 Å². The first-order valence-electron chi connectivity index (χ1n) is 8.70. The molecule has 0 aromatic rings. The van der Waals surface area contributed by atoms with E-state index in [1.54, 1.807) is 0 Å². The van der Waals surface area contributed by atoms with Gasteiger partial charge in [-0.25, -0.2) is 0 Å². The van der Waals surface area contributed by atoms with Gasteiger partial charge in [0, 0.05) is 45.8 Å². The van der Waals surface area contributed by atoms with Gasteiger partial charge in [0.05, 0.1) is 19.3 Å². The van der Waals surface area contributed by atoms with Gasteiger partial charge in [-0.1, -0.05) is 6.92 Å². The molecule has 2 aliphatic rings. The molecule has 136 valence electrons. The Morgan fingerprint density at radius 1 is 1.26 bits per heavy atom. The van der Waals surface area contributed by atoms with Crippen LogP contribution in [0.1, 0.15) is 26.7 Å². The Labute approximate surface area is 157 Å².